The third-order valence-electron chi connectivity index (χ3n) is 2.60. The first-order chi connectivity index (χ1) is 6.94. The van der Waals surface area contributed by atoms with Crippen LogP contribution in [0, 0.1) is 0 Å². The average Bonchev–Trinajstić information content (AvgIpc) is 2.15. The molecular formula is C8H15BF3N2O-. The first kappa shape index (κ1) is 12.4. The molecule has 0 spiro atoms. The van der Waals surface area contributed by atoms with Gasteiger partial charge in [-0.2, -0.15) is 0 Å². The number of rotatable bonds is 3. The molecule has 1 aliphatic heterocycles. The first-order valence-electron chi connectivity index (χ1n) is 5.10. The van der Waals surface area contributed by atoms with Crippen LogP contribution in [0.25, 0.3) is 0 Å². The molecule has 1 heterocycles. The summed E-state index contributed by atoms with van der Waals surface area (Å²) in [4.78, 5) is 12.6. The molecule has 0 radical (unpaired) electrons. The van der Waals surface area contributed by atoms with Gasteiger partial charge in [-0.3, -0.25) is 4.79 Å². The van der Waals surface area contributed by atoms with Crippen LogP contribution in [0.4, 0.5) is 12.9 Å². The van der Waals surface area contributed by atoms with E-state index in [4.69, 9.17) is 0 Å². The Labute approximate surface area is 87.1 Å². The van der Waals surface area contributed by atoms with Crippen molar-refractivity contribution in [2.45, 2.75) is 25.3 Å². The topological polar surface area (TPSA) is 32.3 Å². The fraction of sp³-hybridized carbons (Fsp3) is 0.875. The Morgan fingerprint density at radius 1 is 1.47 bits per heavy atom. The summed E-state index contributed by atoms with van der Waals surface area (Å²) in [6, 6.07) is -0.604. The number of nitrogens with zero attached hydrogens (tertiary/aromatic N) is 1. The van der Waals surface area contributed by atoms with Gasteiger partial charge >= 0.3 is 6.98 Å². The molecule has 0 aromatic rings. The highest BCUT2D eigenvalue weighted by Gasteiger charge is 2.34. The summed E-state index contributed by atoms with van der Waals surface area (Å²) in [6.07, 6.45) is 1.14. The van der Waals surface area contributed by atoms with E-state index in [0.29, 0.717) is 13.0 Å². The lowest BCUT2D eigenvalue weighted by atomic mass is 9.88. The molecule has 0 aromatic carbocycles. The number of likely N-dealkylation sites (tertiary alicyclic amines) is 1. The predicted molar refractivity (Wildman–Crippen MR) is 52.4 cm³/mol. The fourth-order valence-electron chi connectivity index (χ4n) is 1.94. The minimum absolute atomic E-state index is 0.310. The van der Waals surface area contributed by atoms with E-state index in [1.807, 2.05) is 0 Å². The molecule has 1 rings (SSSR count). The molecule has 0 saturated carbocycles. The molecule has 1 N–H and O–H groups in total. The second kappa shape index (κ2) is 4.87. The number of nitrogens with one attached hydrogen (secondary N) is 1. The van der Waals surface area contributed by atoms with Crippen molar-refractivity contribution in [3.8, 4) is 0 Å². The summed E-state index contributed by atoms with van der Waals surface area (Å²) in [5.41, 5.74) is 0. The molecule has 1 fully saturated rings. The highest BCUT2D eigenvalue weighted by Crippen LogP contribution is 2.20. The lowest BCUT2D eigenvalue weighted by Gasteiger charge is -2.37. The summed E-state index contributed by atoms with van der Waals surface area (Å²) < 4.78 is 36.8. The SMILES string of the molecule is CNC(=O)C1CCCCN1C[B-](F)(F)F. The second-order valence-electron chi connectivity index (χ2n) is 3.83. The molecule has 1 amide bonds. The summed E-state index contributed by atoms with van der Waals surface area (Å²) >= 11 is 0. The number of hydrogen-bond acceptors (Lipinski definition) is 2. The Morgan fingerprint density at radius 2 is 2.13 bits per heavy atom. The van der Waals surface area contributed by atoms with E-state index < -0.39 is 19.5 Å². The Kier molecular flexibility index (Phi) is 4.01. The third-order valence-corrected chi connectivity index (χ3v) is 2.60. The highest BCUT2D eigenvalue weighted by atomic mass is 19.4. The molecule has 0 aromatic heterocycles. The maximum Gasteiger partial charge on any atom is 0.492 e. The van der Waals surface area contributed by atoms with E-state index in [0.717, 1.165) is 12.8 Å². The number of carbonyl (C=O) groups is 1. The maximum atomic E-state index is 12.3. The average molecular weight is 223 g/mol. The molecule has 0 bridgehead atoms. The van der Waals surface area contributed by atoms with Crippen LogP contribution in [0.2, 0.25) is 0 Å². The van der Waals surface area contributed by atoms with Gasteiger partial charge in [-0.05, 0) is 25.8 Å². The highest BCUT2D eigenvalue weighted by molar-refractivity contribution is 6.58. The Morgan fingerprint density at radius 3 is 2.67 bits per heavy atom. The number of piperidine rings is 1. The molecule has 1 atom stereocenters. The van der Waals surface area contributed by atoms with Crippen molar-refractivity contribution < 1.29 is 17.7 Å². The van der Waals surface area contributed by atoms with E-state index in [9.17, 15) is 17.7 Å². The number of amides is 1. The van der Waals surface area contributed by atoms with E-state index in [1.165, 1.54) is 11.9 Å². The van der Waals surface area contributed by atoms with Crippen molar-refractivity contribution in [1.29, 1.82) is 0 Å². The van der Waals surface area contributed by atoms with Gasteiger partial charge in [0.2, 0.25) is 5.91 Å². The van der Waals surface area contributed by atoms with Gasteiger partial charge in [0.1, 0.15) is 0 Å². The quantitative estimate of drug-likeness (QED) is 0.723. The number of likely N-dealkylation sites (N-methyl/N-ethyl adjacent to an activating group) is 1. The lowest BCUT2D eigenvalue weighted by molar-refractivity contribution is -0.126. The zero-order valence-electron chi connectivity index (χ0n) is 8.68. The fourth-order valence-corrected chi connectivity index (χ4v) is 1.94. The monoisotopic (exact) mass is 223 g/mol. The molecular weight excluding hydrogens is 208 g/mol. The largest absolute Gasteiger partial charge is 0.492 e. The van der Waals surface area contributed by atoms with Crippen molar-refractivity contribution in [3.05, 3.63) is 0 Å². The summed E-state index contributed by atoms with van der Waals surface area (Å²) in [5, 5.41) is 2.41. The van der Waals surface area contributed by atoms with E-state index in [-0.39, 0.29) is 5.91 Å². The lowest BCUT2D eigenvalue weighted by Crippen LogP contribution is -2.52. The zero-order chi connectivity index (χ0) is 11.5. The van der Waals surface area contributed by atoms with Gasteiger partial charge < -0.3 is 23.2 Å². The molecule has 88 valence electrons. The van der Waals surface area contributed by atoms with E-state index >= 15 is 0 Å². The Hall–Kier alpha value is -0.715. The van der Waals surface area contributed by atoms with Crippen LogP contribution in [-0.4, -0.2) is 43.9 Å². The van der Waals surface area contributed by atoms with Crippen molar-refractivity contribution in [2.75, 3.05) is 20.0 Å². The van der Waals surface area contributed by atoms with Gasteiger partial charge in [-0.25, -0.2) is 0 Å². The van der Waals surface area contributed by atoms with Gasteiger partial charge in [0.25, 0.3) is 0 Å². The van der Waals surface area contributed by atoms with Crippen LogP contribution in [0.3, 0.4) is 0 Å². The Bertz CT molecular complexity index is 234. The van der Waals surface area contributed by atoms with Crippen molar-refractivity contribution >= 4 is 12.9 Å². The zero-order valence-corrected chi connectivity index (χ0v) is 8.68. The van der Waals surface area contributed by atoms with Crippen LogP contribution >= 0.6 is 0 Å². The Balaban J connectivity index is 2.61. The van der Waals surface area contributed by atoms with Crippen LogP contribution in [-0.2, 0) is 4.79 Å². The van der Waals surface area contributed by atoms with Crippen molar-refractivity contribution in [3.63, 3.8) is 0 Å². The first-order valence-corrected chi connectivity index (χ1v) is 5.10. The van der Waals surface area contributed by atoms with Crippen LogP contribution in [0.5, 0.6) is 0 Å². The second-order valence-corrected chi connectivity index (χ2v) is 3.83. The minimum Gasteiger partial charge on any atom is -0.448 e. The molecule has 7 heteroatoms. The minimum atomic E-state index is -4.85. The summed E-state index contributed by atoms with van der Waals surface area (Å²) in [5.74, 6) is -0.310. The predicted octanol–water partition coefficient (Wildman–Crippen LogP) is 0.973. The molecule has 15 heavy (non-hydrogen) atoms. The molecule has 1 aliphatic rings. The number of halogens is 3. The standard InChI is InChI=1S/C8H15BF3N2O/c1-13-8(15)7-4-2-3-5-14(7)6-9(10,11)12/h7H,2-6H2,1H3,(H,13,15)/q-1. The van der Waals surface area contributed by atoms with Gasteiger partial charge in [0.15, 0.2) is 0 Å². The van der Waals surface area contributed by atoms with Crippen LogP contribution in [0.15, 0.2) is 0 Å². The normalized spacial score (nSPS) is 23.9. The molecule has 0 aliphatic carbocycles. The number of carbonyl (C=O) groups excluding carboxylic acids is 1. The summed E-state index contributed by atoms with van der Waals surface area (Å²) in [7, 11) is 1.45. The van der Waals surface area contributed by atoms with Crippen molar-refractivity contribution in [2.24, 2.45) is 0 Å². The molecule has 1 unspecified atom stereocenters. The summed E-state index contributed by atoms with van der Waals surface area (Å²) in [6.45, 7) is -4.49. The van der Waals surface area contributed by atoms with E-state index in [1.54, 1.807) is 0 Å². The molecule has 3 nitrogen and oxygen atoms in total. The van der Waals surface area contributed by atoms with Crippen LogP contribution in [0.1, 0.15) is 19.3 Å². The van der Waals surface area contributed by atoms with Gasteiger partial charge in [-0.15, -0.1) is 0 Å². The molecule has 1 saturated heterocycles. The van der Waals surface area contributed by atoms with Crippen molar-refractivity contribution in [1.82, 2.24) is 10.2 Å². The maximum absolute atomic E-state index is 12.3. The smallest absolute Gasteiger partial charge is 0.448 e. The van der Waals surface area contributed by atoms with Gasteiger partial charge in [0, 0.05) is 7.05 Å². The van der Waals surface area contributed by atoms with Gasteiger partial charge in [0.05, 0.1) is 6.04 Å². The number of hydrogen-bond donors (Lipinski definition) is 1. The van der Waals surface area contributed by atoms with Crippen LogP contribution < -0.4 is 5.32 Å². The third kappa shape index (κ3) is 3.73. The van der Waals surface area contributed by atoms with Gasteiger partial charge in [-0.1, -0.05) is 6.42 Å². The van der Waals surface area contributed by atoms with E-state index in [2.05, 4.69) is 5.32 Å².